The van der Waals surface area contributed by atoms with Crippen molar-refractivity contribution in [2.45, 2.75) is 31.9 Å². The predicted molar refractivity (Wildman–Crippen MR) is 70.4 cm³/mol. The first kappa shape index (κ1) is 14.5. The van der Waals surface area contributed by atoms with E-state index < -0.39 is 18.0 Å². The lowest BCUT2D eigenvalue weighted by Crippen LogP contribution is -2.41. The first-order chi connectivity index (χ1) is 9.66. The van der Waals surface area contributed by atoms with Gasteiger partial charge >= 0.3 is 0 Å². The maximum atomic E-state index is 11.8. The molecule has 1 aromatic carbocycles. The molecule has 0 aliphatic carbocycles. The van der Waals surface area contributed by atoms with Gasteiger partial charge in [-0.2, -0.15) is 0 Å². The number of hydrogen-bond acceptors (Lipinski definition) is 4. The molecule has 5 nitrogen and oxygen atoms in total. The Labute approximate surface area is 117 Å². The number of carbonyl (C=O) groups is 2. The number of rotatable bonds is 6. The molecular formula is C15H18NO4-. The van der Waals surface area contributed by atoms with Crippen molar-refractivity contribution >= 4 is 11.9 Å². The van der Waals surface area contributed by atoms with Crippen LogP contribution in [0.2, 0.25) is 0 Å². The lowest BCUT2D eigenvalue weighted by molar-refractivity contribution is -0.314. The maximum Gasteiger partial charge on any atom is 0.221 e. The number of carboxylic acids is 1. The molecule has 2 atom stereocenters. The summed E-state index contributed by atoms with van der Waals surface area (Å²) in [5, 5.41) is 13.8. The van der Waals surface area contributed by atoms with Gasteiger partial charge in [-0.1, -0.05) is 30.3 Å². The average Bonchev–Trinajstić information content (AvgIpc) is 2.97. The Morgan fingerprint density at radius 3 is 2.70 bits per heavy atom. The zero-order valence-corrected chi connectivity index (χ0v) is 11.2. The first-order valence-electron chi connectivity index (χ1n) is 6.80. The molecule has 0 radical (unpaired) electrons. The molecule has 0 saturated carbocycles. The second kappa shape index (κ2) is 7.05. The van der Waals surface area contributed by atoms with E-state index in [1.54, 1.807) is 0 Å². The summed E-state index contributed by atoms with van der Waals surface area (Å²) < 4.78 is 5.34. The molecule has 108 valence electrons. The Balaban J connectivity index is 1.84. The Morgan fingerprint density at radius 2 is 2.10 bits per heavy atom. The van der Waals surface area contributed by atoms with E-state index >= 15 is 0 Å². The summed E-state index contributed by atoms with van der Waals surface area (Å²) in [7, 11) is 0. The lowest BCUT2D eigenvalue weighted by Gasteiger charge is -2.23. The molecule has 1 heterocycles. The number of amides is 1. The predicted octanol–water partition coefficient (Wildman–Crippen LogP) is 0.238. The van der Waals surface area contributed by atoms with Crippen molar-refractivity contribution in [2.75, 3.05) is 6.61 Å². The Hall–Kier alpha value is -1.88. The van der Waals surface area contributed by atoms with E-state index in [1.165, 1.54) is 0 Å². The van der Waals surface area contributed by atoms with Gasteiger partial charge in [-0.25, -0.2) is 0 Å². The highest BCUT2D eigenvalue weighted by Crippen LogP contribution is 2.22. The van der Waals surface area contributed by atoms with Crippen molar-refractivity contribution in [3.05, 3.63) is 35.9 Å². The van der Waals surface area contributed by atoms with Crippen LogP contribution in [0.5, 0.6) is 0 Å². The number of hydrogen-bond donors (Lipinski definition) is 1. The highest BCUT2D eigenvalue weighted by atomic mass is 16.5. The van der Waals surface area contributed by atoms with Crippen LogP contribution in [0.3, 0.4) is 0 Å². The minimum Gasteiger partial charge on any atom is -0.550 e. The van der Waals surface area contributed by atoms with Gasteiger partial charge in [0.2, 0.25) is 5.91 Å². The van der Waals surface area contributed by atoms with Crippen LogP contribution in [-0.2, 0) is 20.9 Å². The minimum atomic E-state index is -1.22. The van der Waals surface area contributed by atoms with E-state index in [1.807, 2.05) is 30.3 Å². The summed E-state index contributed by atoms with van der Waals surface area (Å²) in [6, 6.07) is 9.47. The van der Waals surface area contributed by atoms with Gasteiger partial charge in [0.05, 0.1) is 6.10 Å². The van der Waals surface area contributed by atoms with Gasteiger partial charge in [0.25, 0.3) is 0 Å². The van der Waals surface area contributed by atoms with Gasteiger partial charge in [-0.3, -0.25) is 4.79 Å². The number of carbonyl (C=O) groups excluding carboxylic acids is 2. The molecule has 0 bridgehead atoms. The molecule has 20 heavy (non-hydrogen) atoms. The molecule has 1 aliphatic rings. The smallest absolute Gasteiger partial charge is 0.221 e. The molecule has 1 amide bonds. The molecule has 1 aromatic rings. The van der Waals surface area contributed by atoms with Gasteiger partial charge in [0, 0.05) is 31.5 Å². The van der Waals surface area contributed by atoms with Crippen LogP contribution in [0.4, 0.5) is 0 Å². The second-order valence-corrected chi connectivity index (χ2v) is 4.94. The fraction of sp³-hybridized carbons (Fsp3) is 0.467. The highest BCUT2D eigenvalue weighted by Gasteiger charge is 2.28. The summed E-state index contributed by atoms with van der Waals surface area (Å²) in [4.78, 5) is 23.0. The van der Waals surface area contributed by atoms with Gasteiger partial charge in [0.15, 0.2) is 0 Å². The van der Waals surface area contributed by atoms with Crippen LogP contribution < -0.4 is 10.4 Å². The van der Waals surface area contributed by atoms with Gasteiger partial charge in [-0.15, -0.1) is 0 Å². The molecule has 1 aliphatic heterocycles. The number of carboxylic acid groups (broad SMARTS) is 1. The SMILES string of the molecule is O=C(C[C@H](C(=O)[O-])[C@@H]1CCCO1)NCc1ccccc1. The lowest BCUT2D eigenvalue weighted by atomic mass is 9.96. The number of nitrogens with one attached hydrogen (secondary N) is 1. The van der Waals surface area contributed by atoms with Gasteiger partial charge in [0.1, 0.15) is 0 Å². The fourth-order valence-electron chi connectivity index (χ4n) is 2.35. The largest absolute Gasteiger partial charge is 0.550 e. The molecule has 1 saturated heterocycles. The van der Waals surface area contributed by atoms with E-state index in [4.69, 9.17) is 4.74 Å². The first-order valence-corrected chi connectivity index (χ1v) is 6.80. The third-order valence-corrected chi connectivity index (χ3v) is 3.45. The van der Waals surface area contributed by atoms with Crippen LogP contribution in [-0.4, -0.2) is 24.6 Å². The Kier molecular flexibility index (Phi) is 5.12. The van der Waals surface area contributed by atoms with E-state index in [2.05, 4.69) is 5.32 Å². The summed E-state index contributed by atoms with van der Waals surface area (Å²) in [5.74, 6) is -2.38. The number of ether oxygens (including phenoxy) is 1. The second-order valence-electron chi connectivity index (χ2n) is 4.94. The molecule has 1 fully saturated rings. The topological polar surface area (TPSA) is 78.5 Å². The van der Waals surface area contributed by atoms with E-state index in [0.717, 1.165) is 12.0 Å². The van der Waals surface area contributed by atoms with E-state index in [9.17, 15) is 14.7 Å². The third kappa shape index (κ3) is 4.06. The summed E-state index contributed by atoms with van der Waals surface area (Å²) in [6.07, 6.45) is 1.01. The van der Waals surface area contributed by atoms with Crippen LogP contribution in [0.15, 0.2) is 30.3 Å². The zero-order valence-electron chi connectivity index (χ0n) is 11.2. The average molecular weight is 276 g/mol. The summed E-state index contributed by atoms with van der Waals surface area (Å²) in [5.41, 5.74) is 0.975. The summed E-state index contributed by atoms with van der Waals surface area (Å²) >= 11 is 0. The van der Waals surface area contributed by atoms with Gasteiger partial charge in [-0.05, 0) is 18.4 Å². The van der Waals surface area contributed by atoms with Crippen LogP contribution >= 0.6 is 0 Å². The van der Waals surface area contributed by atoms with Crippen molar-refractivity contribution in [3.8, 4) is 0 Å². The molecule has 0 aromatic heterocycles. The van der Waals surface area contributed by atoms with Crippen molar-refractivity contribution in [1.82, 2.24) is 5.32 Å². The summed E-state index contributed by atoms with van der Waals surface area (Å²) in [6.45, 7) is 0.949. The molecule has 0 spiro atoms. The third-order valence-electron chi connectivity index (χ3n) is 3.45. The van der Waals surface area contributed by atoms with E-state index in [-0.39, 0.29) is 12.3 Å². The molecule has 5 heteroatoms. The quantitative estimate of drug-likeness (QED) is 0.807. The number of benzene rings is 1. The molecule has 2 rings (SSSR count). The van der Waals surface area contributed by atoms with Crippen LogP contribution in [0.1, 0.15) is 24.8 Å². The zero-order chi connectivity index (χ0) is 14.4. The van der Waals surface area contributed by atoms with Crippen LogP contribution in [0, 0.1) is 5.92 Å². The van der Waals surface area contributed by atoms with Crippen molar-refractivity contribution < 1.29 is 19.4 Å². The number of aliphatic carboxylic acids is 1. The molecule has 0 unspecified atom stereocenters. The Bertz CT molecular complexity index is 454. The Morgan fingerprint density at radius 1 is 1.35 bits per heavy atom. The molecular weight excluding hydrogens is 258 g/mol. The standard InChI is InChI=1S/C15H19NO4/c17-14(16-10-11-5-2-1-3-6-11)9-12(15(18)19)13-7-4-8-20-13/h1-3,5-6,12-13H,4,7-10H2,(H,16,17)(H,18,19)/p-1/t12-,13-/m0/s1. The normalized spacial score (nSPS) is 19.5. The monoisotopic (exact) mass is 276 g/mol. The molecule has 1 N–H and O–H groups in total. The van der Waals surface area contributed by atoms with Crippen molar-refractivity contribution in [2.24, 2.45) is 5.92 Å². The van der Waals surface area contributed by atoms with Gasteiger partial charge < -0.3 is 20.0 Å². The fourth-order valence-corrected chi connectivity index (χ4v) is 2.35. The van der Waals surface area contributed by atoms with E-state index in [0.29, 0.717) is 19.6 Å². The van der Waals surface area contributed by atoms with Crippen molar-refractivity contribution in [3.63, 3.8) is 0 Å². The minimum absolute atomic E-state index is 0.0974. The maximum absolute atomic E-state index is 11.8. The highest BCUT2D eigenvalue weighted by molar-refractivity contribution is 5.81. The van der Waals surface area contributed by atoms with Crippen molar-refractivity contribution in [1.29, 1.82) is 0 Å². The van der Waals surface area contributed by atoms with Crippen LogP contribution in [0.25, 0.3) is 0 Å².